The first-order valence-corrected chi connectivity index (χ1v) is 26.2. The van der Waals surface area contributed by atoms with Gasteiger partial charge in [-0.25, -0.2) is 0 Å². The van der Waals surface area contributed by atoms with Crippen LogP contribution in [0.1, 0.15) is 176 Å². The molecule has 0 saturated carbocycles. The van der Waals surface area contributed by atoms with E-state index in [0.717, 1.165) is 44.5 Å². The van der Waals surface area contributed by atoms with Gasteiger partial charge < -0.3 is 44.1 Å². The molecule has 75 heavy (non-hydrogen) atoms. The van der Waals surface area contributed by atoms with Gasteiger partial charge in [-0.05, 0) is 142 Å². The second kappa shape index (κ2) is 25.6. The van der Waals surface area contributed by atoms with Gasteiger partial charge in [0.1, 0.15) is 48.9 Å². The molecule has 0 aliphatic carbocycles. The zero-order valence-electron chi connectivity index (χ0n) is 47.7. The van der Waals surface area contributed by atoms with Gasteiger partial charge in [-0.1, -0.05) is 132 Å². The number of benzene rings is 4. The van der Waals surface area contributed by atoms with Crippen molar-refractivity contribution in [3.63, 3.8) is 0 Å². The lowest BCUT2D eigenvalue weighted by atomic mass is 9.83. The van der Waals surface area contributed by atoms with Gasteiger partial charge in [-0.2, -0.15) is 0 Å². The van der Waals surface area contributed by atoms with E-state index in [1.165, 1.54) is 0 Å². The highest BCUT2D eigenvalue weighted by atomic mass is 16.6. The molecule has 0 aliphatic rings. The summed E-state index contributed by atoms with van der Waals surface area (Å²) in [5.41, 5.74) is 7.88. The van der Waals surface area contributed by atoms with Crippen molar-refractivity contribution < 1.29 is 63.3 Å². The number of phenols is 4. The molecule has 0 bridgehead atoms. The van der Waals surface area contributed by atoms with Crippen LogP contribution in [0.3, 0.4) is 0 Å². The molecule has 0 heterocycles. The van der Waals surface area contributed by atoms with E-state index in [-0.39, 0.29) is 96.8 Å². The number of hydrogen-bond acceptors (Lipinski definition) is 13. The van der Waals surface area contributed by atoms with Gasteiger partial charge in [0, 0.05) is 25.7 Å². The molecule has 1 unspecified atom stereocenters. The van der Waals surface area contributed by atoms with Gasteiger partial charge >= 0.3 is 23.9 Å². The Hall–Kier alpha value is -6.08. The smallest absolute Gasteiger partial charge is 0.306 e. The zero-order chi connectivity index (χ0) is 56.4. The van der Waals surface area contributed by atoms with Gasteiger partial charge in [0.25, 0.3) is 0 Å². The Morgan fingerprint density at radius 3 is 0.867 bits per heavy atom. The topological polar surface area (TPSA) is 195 Å². The summed E-state index contributed by atoms with van der Waals surface area (Å²) < 4.78 is 29.3. The first kappa shape index (κ1) is 61.5. The number of aryl methyl sites for hydroxylation is 8. The molecule has 4 aromatic rings. The molecule has 13 nitrogen and oxygen atoms in total. The minimum Gasteiger partial charge on any atom is -0.507 e. The number of aromatic hydroxyl groups is 4. The maximum atomic E-state index is 13.6. The monoisotopic (exact) mass is 1040 g/mol. The van der Waals surface area contributed by atoms with Crippen molar-refractivity contribution in [3.8, 4) is 23.0 Å². The van der Waals surface area contributed by atoms with Crippen LogP contribution in [-0.2, 0) is 90.2 Å². The average Bonchev–Trinajstić information content (AvgIpc) is 3.29. The number of esters is 4. The van der Waals surface area contributed by atoms with Crippen LogP contribution < -0.4 is 0 Å². The number of hydrogen-bond donors (Lipinski definition) is 4. The van der Waals surface area contributed by atoms with Crippen LogP contribution in [-0.4, -0.2) is 82.9 Å². The van der Waals surface area contributed by atoms with Crippen LogP contribution in [0.2, 0.25) is 0 Å². The normalized spacial score (nSPS) is 12.7. The Morgan fingerprint density at radius 1 is 0.373 bits per heavy atom. The molecule has 412 valence electrons. The largest absolute Gasteiger partial charge is 0.507 e. The number of rotatable bonds is 22. The van der Waals surface area contributed by atoms with E-state index in [4.69, 9.17) is 23.7 Å². The lowest BCUT2D eigenvalue weighted by molar-refractivity contribution is -0.169. The highest BCUT2D eigenvalue weighted by molar-refractivity contribution is 5.72. The van der Waals surface area contributed by atoms with Crippen LogP contribution >= 0.6 is 0 Å². The molecule has 0 saturated heterocycles. The van der Waals surface area contributed by atoms with Gasteiger partial charge in [0.05, 0.1) is 6.61 Å². The molecule has 0 spiro atoms. The molecule has 0 fully saturated rings. The molecule has 13 heteroatoms. The van der Waals surface area contributed by atoms with Crippen LogP contribution in [0, 0.1) is 27.7 Å². The molecule has 1 atom stereocenters. The van der Waals surface area contributed by atoms with E-state index in [9.17, 15) is 39.6 Å². The summed E-state index contributed by atoms with van der Waals surface area (Å²) in [6.45, 7) is 29.9. The van der Waals surface area contributed by atoms with E-state index in [2.05, 4.69) is 0 Å². The summed E-state index contributed by atoms with van der Waals surface area (Å²) in [6, 6.07) is 14.9. The third-order valence-electron chi connectivity index (χ3n) is 13.3. The number of carbonyl (C=O) groups is 4. The number of ether oxygens (including phenoxy) is 5. The number of carbonyl (C=O) groups excluding carboxylic acids is 4. The quantitative estimate of drug-likeness (QED) is 0.0429. The van der Waals surface area contributed by atoms with Crippen molar-refractivity contribution in [3.05, 3.63) is 115 Å². The first-order chi connectivity index (χ1) is 34.6. The summed E-state index contributed by atoms with van der Waals surface area (Å²) >= 11 is 0. The second-order valence-corrected chi connectivity index (χ2v) is 24.4. The lowest BCUT2D eigenvalue weighted by Crippen LogP contribution is -2.35. The molecule has 0 aliphatic heterocycles. The standard InChI is InChI=1S/C62H86O13/c1-37-25-41(29-47(55(37)67)59(5,6)7)17-21-51(63)72-33-45(34-73-52(64)22-18-42-26-38(2)56(68)48(30-42)60(8,9)10)71-35-46(75-54(66)24-20-44-28-40(4)58(70)50(32-44)62(14,15)16)36-74-53(65)23-19-43-27-39(3)57(69)49(31-43)61(11,12)13/h25-32,45-46,67-70H,17-24,33-36H2,1-16H3. The van der Waals surface area contributed by atoms with Crippen molar-refractivity contribution in [1.29, 1.82) is 0 Å². The summed E-state index contributed by atoms with van der Waals surface area (Å²) in [5, 5.41) is 43.0. The summed E-state index contributed by atoms with van der Waals surface area (Å²) in [7, 11) is 0. The lowest BCUT2D eigenvalue weighted by Gasteiger charge is -2.24. The maximum Gasteiger partial charge on any atom is 0.306 e. The van der Waals surface area contributed by atoms with Crippen molar-refractivity contribution in [2.24, 2.45) is 0 Å². The Bertz CT molecular complexity index is 2560. The highest BCUT2D eigenvalue weighted by Crippen LogP contribution is 2.38. The van der Waals surface area contributed by atoms with Crippen molar-refractivity contribution in [2.75, 3.05) is 26.4 Å². The fraction of sp³-hybridized carbons (Fsp3) is 0.548. The van der Waals surface area contributed by atoms with Crippen LogP contribution in [0.25, 0.3) is 0 Å². The third-order valence-corrected chi connectivity index (χ3v) is 13.3. The van der Waals surface area contributed by atoms with Crippen LogP contribution in [0.5, 0.6) is 23.0 Å². The molecule has 4 N–H and O–H groups in total. The molecule has 0 radical (unpaired) electrons. The minimum absolute atomic E-state index is 0.00260. The Morgan fingerprint density at radius 2 is 0.613 bits per heavy atom. The zero-order valence-corrected chi connectivity index (χ0v) is 47.7. The van der Waals surface area contributed by atoms with Crippen molar-refractivity contribution in [1.82, 2.24) is 0 Å². The highest BCUT2D eigenvalue weighted by Gasteiger charge is 2.27. The molecular formula is C62H86O13. The average molecular weight is 1040 g/mol. The minimum atomic E-state index is -1.12. The van der Waals surface area contributed by atoms with E-state index >= 15 is 0 Å². The molecule has 0 aromatic heterocycles. The Labute approximate surface area is 446 Å². The van der Waals surface area contributed by atoms with Gasteiger partial charge in [0.15, 0.2) is 6.10 Å². The molecule has 4 rings (SSSR count). The van der Waals surface area contributed by atoms with Crippen molar-refractivity contribution >= 4 is 23.9 Å². The first-order valence-electron chi connectivity index (χ1n) is 26.2. The second-order valence-electron chi connectivity index (χ2n) is 24.4. The predicted molar refractivity (Wildman–Crippen MR) is 292 cm³/mol. The van der Waals surface area contributed by atoms with Crippen LogP contribution in [0.15, 0.2) is 48.5 Å². The molecule has 4 aromatic carbocycles. The molecule has 0 amide bonds. The Balaban J connectivity index is 1.53. The number of phenolic OH excluding ortho intramolecular Hbond substituents is 4. The SMILES string of the molecule is Cc1cc(CCC(=O)OCC(COC(=O)CCc2cc(C)c(O)c(C(C)(C)C)c2)OCC(COC(=O)CCc2cc(C)c(O)c(C(C)(C)C)c2)OC(=O)CCc2cc(C)c(O)c(C(C)(C)C)c2)cc(C(C)(C)C)c1O. The summed E-state index contributed by atoms with van der Waals surface area (Å²) in [5.74, 6) is -1.36. The third kappa shape index (κ3) is 18.6. The Kier molecular flexibility index (Phi) is 21.0. The van der Waals surface area contributed by atoms with Gasteiger partial charge in [-0.15, -0.1) is 0 Å². The fourth-order valence-electron chi connectivity index (χ4n) is 8.79. The fourth-order valence-corrected chi connectivity index (χ4v) is 8.79. The molecular weight excluding hydrogens is 953 g/mol. The van der Waals surface area contributed by atoms with E-state index in [1.54, 1.807) is 0 Å². The van der Waals surface area contributed by atoms with Crippen LogP contribution in [0.4, 0.5) is 0 Å². The van der Waals surface area contributed by atoms with Gasteiger partial charge in [0.2, 0.25) is 0 Å². The van der Waals surface area contributed by atoms with E-state index in [0.29, 0.717) is 47.9 Å². The predicted octanol–water partition coefficient (Wildman–Crippen LogP) is 11.7. The van der Waals surface area contributed by atoms with Crippen molar-refractivity contribution in [2.45, 2.75) is 196 Å². The van der Waals surface area contributed by atoms with Gasteiger partial charge in [-0.3, -0.25) is 19.2 Å². The van der Waals surface area contributed by atoms with E-state index < -0.39 is 36.1 Å². The maximum absolute atomic E-state index is 13.6. The summed E-state index contributed by atoms with van der Waals surface area (Å²) in [6.07, 6.45) is -0.836. The summed E-state index contributed by atoms with van der Waals surface area (Å²) in [4.78, 5) is 53.6. The van der Waals surface area contributed by atoms with E-state index in [1.807, 2.05) is 159 Å².